The first-order chi connectivity index (χ1) is 21.7. The van der Waals surface area contributed by atoms with Crippen LogP contribution in [-0.2, 0) is 10.0 Å². The third kappa shape index (κ3) is 7.88. The van der Waals surface area contributed by atoms with Crippen molar-refractivity contribution < 1.29 is 26.9 Å². The van der Waals surface area contributed by atoms with Crippen molar-refractivity contribution in [1.82, 2.24) is 19.6 Å². The lowest BCUT2D eigenvalue weighted by atomic mass is 10.1. The summed E-state index contributed by atoms with van der Waals surface area (Å²) < 4.78 is 112. The van der Waals surface area contributed by atoms with Crippen LogP contribution in [0.4, 0.5) is 23.1 Å². The standard InChI is InChI=1S/C27H36N6O3S/c1-20-19-28-26(30-21-10-12-23(13-11-21)36-17-16-33-14-5-6-15-33)31-25(20)29-22-8-7-9-24(18-22)37(34,35)32-27(2,3)4/h7-13,18-19,32H,5-6,14-17H2,1-4H3,(H2,28,29,30,31)/i1D3,2D3,3D3,19D. The average molecular weight is 535 g/mol. The Balaban J connectivity index is 1.57. The monoisotopic (exact) mass is 534 g/mol. The first-order valence-electron chi connectivity index (χ1n) is 16.7. The van der Waals surface area contributed by atoms with E-state index < -0.39 is 52.7 Å². The van der Waals surface area contributed by atoms with E-state index in [9.17, 15) is 8.42 Å². The van der Waals surface area contributed by atoms with Gasteiger partial charge in [-0.2, -0.15) is 4.98 Å². The second kappa shape index (κ2) is 11.5. The topological polar surface area (TPSA) is 108 Å². The summed E-state index contributed by atoms with van der Waals surface area (Å²) in [5, 5.41) is 5.65. The Labute approximate surface area is 233 Å². The molecule has 0 aliphatic carbocycles. The molecule has 0 radical (unpaired) electrons. The Hall–Kier alpha value is -3.21. The lowest BCUT2D eigenvalue weighted by molar-refractivity contribution is 0.238. The molecule has 0 amide bonds. The number of ether oxygens (including phenoxy) is 1. The van der Waals surface area contributed by atoms with Gasteiger partial charge in [-0.15, -0.1) is 0 Å². The maximum absolute atomic E-state index is 13.2. The van der Waals surface area contributed by atoms with E-state index >= 15 is 0 Å². The van der Waals surface area contributed by atoms with Gasteiger partial charge < -0.3 is 15.4 Å². The first-order valence-corrected chi connectivity index (χ1v) is 13.2. The minimum atomic E-state index is -4.72. The average Bonchev–Trinajstić information content (AvgIpc) is 3.45. The molecular formula is C27H36N6O3S. The largest absolute Gasteiger partial charge is 0.492 e. The van der Waals surface area contributed by atoms with Gasteiger partial charge >= 0.3 is 0 Å². The van der Waals surface area contributed by atoms with Gasteiger partial charge in [0.2, 0.25) is 16.0 Å². The van der Waals surface area contributed by atoms with Crippen molar-refractivity contribution in [2.45, 2.75) is 50.8 Å². The van der Waals surface area contributed by atoms with Gasteiger partial charge in [0.05, 0.1) is 6.27 Å². The molecule has 4 rings (SSSR count). The molecule has 37 heavy (non-hydrogen) atoms. The molecule has 198 valence electrons. The van der Waals surface area contributed by atoms with Crippen molar-refractivity contribution in [2.75, 3.05) is 36.9 Å². The molecule has 10 heteroatoms. The Morgan fingerprint density at radius 3 is 2.62 bits per heavy atom. The molecular weight excluding hydrogens is 488 g/mol. The highest BCUT2D eigenvalue weighted by Crippen LogP contribution is 2.24. The number of nitrogens with one attached hydrogen (secondary N) is 3. The minimum absolute atomic E-state index is 0.00216. The summed E-state index contributed by atoms with van der Waals surface area (Å²) in [4.78, 5) is 10.1. The van der Waals surface area contributed by atoms with E-state index in [2.05, 4.69) is 25.5 Å². The van der Waals surface area contributed by atoms with Crippen molar-refractivity contribution in [3.05, 3.63) is 60.3 Å². The molecule has 1 aliphatic rings. The van der Waals surface area contributed by atoms with E-state index in [0.29, 0.717) is 18.0 Å². The molecule has 0 atom stereocenters. The van der Waals surface area contributed by atoms with E-state index in [1.807, 2.05) is 4.72 Å². The normalized spacial score (nSPS) is 19.5. The maximum atomic E-state index is 13.2. The molecule has 2 heterocycles. The summed E-state index contributed by atoms with van der Waals surface area (Å²) in [6.07, 6.45) is 1.78. The molecule has 3 aromatic rings. The first kappa shape index (κ1) is 16.6. The van der Waals surface area contributed by atoms with E-state index in [4.69, 9.17) is 18.4 Å². The lowest BCUT2D eigenvalue weighted by Gasteiger charge is -2.20. The number of benzene rings is 2. The maximum Gasteiger partial charge on any atom is 0.241 e. The Morgan fingerprint density at radius 2 is 1.89 bits per heavy atom. The van der Waals surface area contributed by atoms with Crippen molar-refractivity contribution in [2.24, 2.45) is 0 Å². The summed E-state index contributed by atoms with van der Waals surface area (Å²) in [6, 6.07) is 11.7. The summed E-state index contributed by atoms with van der Waals surface area (Å²) in [6.45, 7) is -5.00. The predicted molar refractivity (Wildman–Crippen MR) is 147 cm³/mol. The summed E-state index contributed by atoms with van der Waals surface area (Å²) >= 11 is 0. The van der Waals surface area contributed by atoms with Crippen LogP contribution in [0.15, 0.2) is 59.6 Å². The quantitative estimate of drug-likeness (QED) is 0.340. The number of rotatable bonds is 10. The van der Waals surface area contributed by atoms with Gasteiger partial charge in [0.25, 0.3) is 0 Å². The zero-order valence-electron chi connectivity index (χ0n) is 30.3. The number of sulfonamides is 1. The van der Waals surface area contributed by atoms with Crippen LogP contribution in [0.2, 0.25) is 0 Å². The van der Waals surface area contributed by atoms with Crippen LogP contribution in [0.5, 0.6) is 5.75 Å². The van der Waals surface area contributed by atoms with Gasteiger partial charge in [0, 0.05) is 47.5 Å². The zero-order chi connectivity index (χ0) is 34.8. The highest BCUT2D eigenvalue weighted by atomic mass is 32.2. The van der Waals surface area contributed by atoms with E-state index in [1.165, 1.54) is 25.0 Å². The number of hydrogen-bond donors (Lipinski definition) is 3. The predicted octanol–water partition coefficient (Wildman–Crippen LogP) is 4.82. The van der Waals surface area contributed by atoms with Crippen molar-refractivity contribution in [3.8, 4) is 5.75 Å². The molecule has 3 N–H and O–H groups in total. The Morgan fingerprint density at radius 1 is 1.11 bits per heavy atom. The fourth-order valence-corrected chi connectivity index (χ4v) is 4.96. The lowest BCUT2D eigenvalue weighted by Crippen LogP contribution is -2.40. The summed E-state index contributed by atoms with van der Waals surface area (Å²) in [5.41, 5.74) is -2.83. The molecule has 0 spiro atoms. The molecule has 0 unspecified atom stereocenters. The van der Waals surface area contributed by atoms with Crippen LogP contribution < -0.4 is 20.1 Å². The SMILES string of the molecule is [2H]c1nc(Nc2ccc(OCCN3CCCC3)cc2)nc(Nc2cccc(S(=O)(=O)NC(C)(C([2H])([2H])[2H])C([2H])([2H])[2H])c2)c1C([2H])([2H])[2H]. The molecule has 1 aliphatic heterocycles. The fourth-order valence-electron chi connectivity index (χ4n) is 3.76. The number of aromatic nitrogens is 2. The molecule has 1 saturated heterocycles. The molecule has 0 bridgehead atoms. The molecule has 2 aromatic carbocycles. The minimum Gasteiger partial charge on any atom is -0.492 e. The third-order valence-electron chi connectivity index (χ3n) is 5.46. The zero-order valence-corrected chi connectivity index (χ0v) is 21.2. The van der Waals surface area contributed by atoms with Crippen LogP contribution in [0, 0.1) is 6.85 Å². The van der Waals surface area contributed by atoms with Crippen LogP contribution in [0.3, 0.4) is 0 Å². The molecule has 1 fully saturated rings. The summed E-state index contributed by atoms with van der Waals surface area (Å²) in [5.74, 6) is 0.218. The van der Waals surface area contributed by atoms with Gasteiger partial charge in [-0.25, -0.2) is 18.1 Å². The van der Waals surface area contributed by atoms with Gasteiger partial charge in [-0.05, 0) is 95.9 Å². The van der Waals surface area contributed by atoms with Crippen molar-refractivity contribution >= 4 is 33.2 Å². The second-order valence-electron chi connectivity index (χ2n) is 8.81. The number of hydrogen-bond acceptors (Lipinski definition) is 8. The smallest absolute Gasteiger partial charge is 0.241 e. The number of nitrogens with zero attached hydrogens (tertiary/aromatic N) is 3. The van der Waals surface area contributed by atoms with Crippen LogP contribution >= 0.6 is 0 Å². The highest BCUT2D eigenvalue weighted by Gasteiger charge is 2.22. The second-order valence-corrected chi connectivity index (χ2v) is 10.5. The van der Waals surface area contributed by atoms with E-state index in [1.54, 1.807) is 24.3 Å². The molecule has 9 nitrogen and oxygen atoms in total. The van der Waals surface area contributed by atoms with Crippen LogP contribution in [0.25, 0.3) is 0 Å². The van der Waals surface area contributed by atoms with Gasteiger partial charge in [-0.3, -0.25) is 4.90 Å². The number of likely N-dealkylation sites (tertiary alicyclic amines) is 1. The third-order valence-corrected chi connectivity index (χ3v) is 7.01. The van der Waals surface area contributed by atoms with E-state index in [0.717, 1.165) is 38.7 Å². The number of anilines is 4. The van der Waals surface area contributed by atoms with Crippen molar-refractivity contribution in [1.29, 1.82) is 0 Å². The Kier molecular flexibility index (Phi) is 5.14. The highest BCUT2D eigenvalue weighted by molar-refractivity contribution is 7.89. The van der Waals surface area contributed by atoms with Gasteiger partial charge in [0.15, 0.2) is 0 Å². The van der Waals surface area contributed by atoms with Gasteiger partial charge in [0.1, 0.15) is 18.2 Å². The molecule has 0 saturated carbocycles. The fraction of sp³-hybridized carbons (Fsp3) is 0.407. The van der Waals surface area contributed by atoms with E-state index in [-0.39, 0.29) is 17.5 Å². The van der Waals surface area contributed by atoms with Gasteiger partial charge in [-0.1, -0.05) is 6.07 Å². The Bertz CT molecular complexity index is 1650. The van der Waals surface area contributed by atoms with Crippen LogP contribution in [-0.4, -0.2) is 55.1 Å². The molecule has 1 aromatic heterocycles. The summed E-state index contributed by atoms with van der Waals surface area (Å²) in [7, 11) is -4.72. The van der Waals surface area contributed by atoms with Crippen molar-refractivity contribution in [3.63, 3.8) is 0 Å². The van der Waals surface area contributed by atoms with Crippen LogP contribution in [0.1, 0.15) is 52.7 Å².